The molecule has 6 heteroatoms. The molecule has 1 amide bonds. The van der Waals surface area contributed by atoms with Crippen LogP contribution in [0.5, 0.6) is 0 Å². The van der Waals surface area contributed by atoms with Crippen molar-refractivity contribution in [3.05, 3.63) is 58.0 Å². The molecule has 0 radical (unpaired) electrons. The number of thiophene rings is 1. The van der Waals surface area contributed by atoms with E-state index in [0.29, 0.717) is 17.9 Å². The molecule has 0 saturated carbocycles. The predicted molar refractivity (Wildman–Crippen MR) is 120 cm³/mol. The highest BCUT2D eigenvalue weighted by Crippen LogP contribution is 2.31. The summed E-state index contributed by atoms with van der Waals surface area (Å²) in [6.07, 6.45) is 4.01. The van der Waals surface area contributed by atoms with E-state index in [1.165, 1.54) is 35.3 Å². The van der Waals surface area contributed by atoms with E-state index >= 15 is 0 Å². The lowest BCUT2D eigenvalue weighted by molar-refractivity contribution is 0.0560. The number of carbonyl (C=O) groups is 1. The Balaban J connectivity index is 1.50. The lowest BCUT2D eigenvalue weighted by Crippen LogP contribution is -2.49. The third kappa shape index (κ3) is 4.86. The van der Waals surface area contributed by atoms with Gasteiger partial charge in [0.2, 0.25) is 0 Å². The van der Waals surface area contributed by atoms with Gasteiger partial charge in [-0.3, -0.25) is 9.69 Å². The van der Waals surface area contributed by atoms with Crippen LogP contribution in [-0.4, -0.2) is 59.4 Å². The first kappa shape index (κ1) is 20.9. The molecule has 0 aliphatic carbocycles. The number of piperidine rings is 1. The number of rotatable bonds is 6. The van der Waals surface area contributed by atoms with Crippen molar-refractivity contribution in [1.29, 1.82) is 0 Å². The molecular weight excluding hydrogens is 403 g/mol. The smallest absolute Gasteiger partial charge is 0.263 e. The van der Waals surface area contributed by atoms with E-state index in [1.54, 1.807) is 6.07 Å². The average Bonchev–Trinajstić information content (AvgIpc) is 3.47. The quantitative estimate of drug-likeness (QED) is 0.656. The van der Waals surface area contributed by atoms with Crippen LogP contribution in [0.3, 0.4) is 0 Å². The minimum atomic E-state index is -0.171. The maximum atomic E-state index is 14.4. The van der Waals surface area contributed by atoms with Crippen LogP contribution in [0.4, 0.5) is 4.39 Å². The minimum Gasteiger partial charge on any atom is -0.337 e. The standard InChI is InChI=1S/C23H29FN2OS2/c1-25(23(27)22-7-4-13-29-22)21(15-18-5-2-3-6-20(18)24)17-8-11-26(12-9-17)19-10-14-28-16-19/h2-7,13,17,19,21H,8-12,14-16H2,1H3/t19-,21-/m1/s1. The van der Waals surface area contributed by atoms with Crippen LogP contribution < -0.4 is 0 Å². The van der Waals surface area contributed by atoms with Crippen molar-refractivity contribution in [3.63, 3.8) is 0 Å². The normalized spacial score (nSPS) is 21.9. The molecule has 2 fully saturated rings. The number of hydrogen-bond acceptors (Lipinski definition) is 4. The van der Waals surface area contributed by atoms with Gasteiger partial charge in [0.25, 0.3) is 5.91 Å². The van der Waals surface area contributed by atoms with Gasteiger partial charge in [-0.2, -0.15) is 11.8 Å². The van der Waals surface area contributed by atoms with Gasteiger partial charge in [0.05, 0.1) is 4.88 Å². The predicted octanol–water partition coefficient (Wildman–Crippen LogP) is 4.79. The molecule has 3 heterocycles. The second kappa shape index (κ2) is 9.63. The summed E-state index contributed by atoms with van der Waals surface area (Å²) in [7, 11) is 1.90. The lowest BCUT2D eigenvalue weighted by atomic mass is 9.84. The summed E-state index contributed by atoms with van der Waals surface area (Å²) < 4.78 is 14.4. The van der Waals surface area contributed by atoms with Gasteiger partial charge in [-0.05, 0) is 73.5 Å². The third-order valence-electron chi connectivity index (χ3n) is 6.48. The van der Waals surface area contributed by atoms with Crippen LogP contribution in [-0.2, 0) is 6.42 Å². The van der Waals surface area contributed by atoms with Crippen molar-refractivity contribution >= 4 is 29.0 Å². The highest BCUT2D eigenvalue weighted by Gasteiger charge is 2.34. The number of likely N-dealkylation sites (N-methyl/N-ethyl adjacent to an activating group) is 1. The topological polar surface area (TPSA) is 23.6 Å². The molecule has 2 atom stereocenters. The largest absolute Gasteiger partial charge is 0.337 e. The zero-order chi connectivity index (χ0) is 20.2. The Labute approximate surface area is 181 Å². The first-order valence-corrected chi connectivity index (χ1v) is 12.5. The Hall–Kier alpha value is -1.37. The number of hydrogen-bond donors (Lipinski definition) is 0. The first-order chi connectivity index (χ1) is 14.1. The molecular formula is C23H29FN2OS2. The molecule has 2 aliphatic heterocycles. The van der Waals surface area contributed by atoms with Gasteiger partial charge < -0.3 is 4.90 Å². The van der Waals surface area contributed by atoms with Gasteiger partial charge in [0.15, 0.2) is 0 Å². The van der Waals surface area contributed by atoms with E-state index in [2.05, 4.69) is 16.7 Å². The van der Waals surface area contributed by atoms with Crippen molar-refractivity contribution in [3.8, 4) is 0 Å². The summed E-state index contributed by atoms with van der Waals surface area (Å²) in [5.41, 5.74) is 0.706. The molecule has 156 valence electrons. The molecule has 0 unspecified atom stereocenters. The van der Waals surface area contributed by atoms with E-state index in [0.717, 1.165) is 36.9 Å². The number of carbonyl (C=O) groups excluding carboxylic acids is 1. The molecule has 1 aromatic heterocycles. The maximum absolute atomic E-state index is 14.4. The third-order valence-corrected chi connectivity index (χ3v) is 8.48. The summed E-state index contributed by atoms with van der Waals surface area (Å²) in [6.45, 7) is 2.18. The molecule has 0 spiro atoms. The summed E-state index contributed by atoms with van der Waals surface area (Å²) in [5, 5.41) is 1.94. The van der Waals surface area contributed by atoms with Crippen LogP contribution in [0.25, 0.3) is 0 Å². The fourth-order valence-electron chi connectivity index (χ4n) is 4.71. The molecule has 1 aromatic carbocycles. The molecule has 2 aliphatic rings. The molecule has 0 bridgehead atoms. The highest BCUT2D eigenvalue weighted by molar-refractivity contribution is 7.99. The van der Waals surface area contributed by atoms with Crippen LogP contribution >= 0.6 is 23.1 Å². The fourth-order valence-corrected chi connectivity index (χ4v) is 6.67. The van der Waals surface area contributed by atoms with Crippen molar-refractivity contribution in [2.24, 2.45) is 5.92 Å². The summed E-state index contributed by atoms with van der Waals surface area (Å²) in [5.74, 6) is 2.80. The van der Waals surface area contributed by atoms with E-state index in [4.69, 9.17) is 0 Å². The molecule has 2 saturated heterocycles. The van der Waals surface area contributed by atoms with Gasteiger partial charge in [-0.1, -0.05) is 24.3 Å². The van der Waals surface area contributed by atoms with E-state index in [1.807, 2.05) is 41.6 Å². The van der Waals surface area contributed by atoms with Gasteiger partial charge in [0, 0.05) is 24.9 Å². The number of amides is 1. The zero-order valence-corrected chi connectivity index (χ0v) is 18.6. The van der Waals surface area contributed by atoms with Gasteiger partial charge >= 0.3 is 0 Å². The van der Waals surface area contributed by atoms with E-state index in [-0.39, 0.29) is 17.8 Å². The average molecular weight is 433 g/mol. The number of nitrogens with zero attached hydrogens (tertiary/aromatic N) is 2. The van der Waals surface area contributed by atoms with Gasteiger partial charge in [-0.15, -0.1) is 11.3 Å². The van der Waals surface area contributed by atoms with Gasteiger partial charge in [0.1, 0.15) is 5.82 Å². The Bertz CT molecular complexity index is 799. The SMILES string of the molecule is CN(C(=O)c1cccs1)[C@H](Cc1ccccc1F)C1CCN([C@@H]2CCSC2)CC1. The summed E-state index contributed by atoms with van der Waals surface area (Å²) in [6, 6.07) is 11.5. The number of benzene rings is 1. The number of halogens is 1. The number of likely N-dealkylation sites (tertiary alicyclic amines) is 1. The van der Waals surface area contributed by atoms with Crippen LogP contribution in [0.2, 0.25) is 0 Å². The second-order valence-electron chi connectivity index (χ2n) is 8.15. The summed E-state index contributed by atoms with van der Waals surface area (Å²) >= 11 is 3.53. The lowest BCUT2D eigenvalue weighted by Gasteiger charge is -2.41. The second-order valence-corrected chi connectivity index (χ2v) is 10.2. The van der Waals surface area contributed by atoms with Crippen LogP contribution in [0, 0.1) is 11.7 Å². The van der Waals surface area contributed by atoms with Crippen molar-refractivity contribution < 1.29 is 9.18 Å². The van der Waals surface area contributed by atoms with Crippen LogP contribution in [0.15, 0.2) is 41.8 Å². The highest BCUT2D eigenvalue weighted by atomic mass is 32.2. The fraction of sp³-hybridized carbons (Fsp3) is 0.522. The summed E-state index contributed by atoms with van der Waals surface area (Å²) in [4.78, 5) is 18.3. The Kier molecular flexibility index (Phi) is 6.93. The zero-order valence-electron chi connectivity index (χ0n) is 16.9. The molecule has 29 heavy (non-hydrogen) atoms. The van der Waals surface area contributed by atoms with Crippen molar-refractivity contribution in [2.45, 2.75) is 37.8 Å². The van der Waals surface area contributed by atoms with Crippen LogP contribution in [0.1, 0.15) is 34.5 Å². The van der Waals surface area contributed by atoms with Gasteiger partial charge in [-0.25, -0.2) is 4.39 Å². The molecule has 2 aromatic rings. The maximum Gasteiger partial charge on any atom is 0.263 e. The monoisotopic (exact) mass is 432 g/mol. The molecule has 0 N–H and O–H groups in total. The minimum absolute atomic E-state index is 0.0154. The first-order valence-electron chi connectivity index (χ1n) is 10.5. The Morgan fingerprint density at radius 2 is 2.00 bits per heavy atom. The van der Waals surface area contributed by atoms with E-state index < -0.39 is 0 Å². The van der Waals surface area contributed by atoms with Crippen molar-refractivity contribution in [2.75, 3.05) is 31.6 Å². The van der Waals surface area contributed by atoms with E-state index in [9.17, 15) is 9.18 Å². The molecule has 3 nitrogen and oxygen atoms in total. The number of thioether (sulfide) groups is 1. The Morgan fingerprint density at radius 3 is 2.66 bits per heavy atom. The molecule has 4 rings (SSSR count). The van der Waals surface area contributed by atoms with Crippen molar-refractivity contribution in [1.82, 2.24) is 9.80 Å². The Morgan fingerprint density at radius 1 is 1.21 bits per heavy atom.